The summed E-state index contributed by atoms with van der Waals surface area (Å²) in [5, 5.41) is 4.16. The van der Waals surface area contributed by atoms with Crippen LogP contribution < -0.4 is 0 Å². The van der Waals surface area contributed by atoms with E-state index in [4.69, 9.17) is 16.1 Å². The van der Waals surface area contributed by atoms with Gasteiger partial charge < -0.3 is 9.09 Å². The number of benzene rings is 1. The van der Waals surface area contributed by atoms with Gasteiger partial charge in [-0.2, -0.15) is 4.98 Å². The SMILES string of the molecule is O=C1CCC(c2nc(-c3ccc(F)cc3Cl)no2)n2cccc21. The second kappa shape index (κ2) is 5.31. The zero-order valence-electron chi connectivity index (χ0n) is 11.9. The van der Waals surface area contributed by atoms with Gasteiger partial charge in [-0.25, -0.2) is 4.39 Å². The minimum atomic E-state index is -0.426. The van der Waals surface area contributed by atoms with Crippen LogP contribution in [-0.2, 0) is 0 Å². The molecular formula is C16H11ClFN3O2. The van der Waals surface area contributed by atoms with Crippen molar-refractivity contribution in [2.24, 2.45) is 0 Å². The molecule has 0 spiro atoms. The summed E-state index contributed by atoms with van der Waals surface area (Å²) in [6.45, 7) is 0. The molecule has 116 valence electrons. The quantitative estimate of drug-likeness (QED) is 0.714. The Morgan fingerprint density at radius 2 is 2.22 bits per heavy atom. The molecule has 1 aliphatic rings. The van der Waals surface area contributed by atoms with Crippen LogP contribution in [0.1, 0.15) is 35.3 Å². The summed E-state index contributed by atoms with van der Waals surface area (Å²) in [6.07, 6.45) is 2.86. The van der Waals surface area contributed by atoms with Crippen LogP contribution in [0.5, 0.6) is 0 Å². The first kappa shape index (κ1) is 14.1. The summed E-state index contributed by atoms with van der Waals surface area (Å²) in [5.74, 6) is 0.388. The molecule has 1 atom stereocenters. The zero-order valence-corrected chi connectivity index (χ0v) is 12.6. The van der Waals surface area contributed by atoms with E-state index in [1.807, 2.05) is 16.8 Å². The molecule has 1 aliphatic heterocycles. The van der Waals surface area contributed by atoms with Gasteiger partial charge in [-0.1, -0.05) is 16.8 Å². The van der Waals surface area contributed by atoms with Crippen LogP contribution in [0.3, 0.4) is 0 Å². The average molecular weight is 332 g/mol. The van der Waals surface area contributed by atoms with Crippen molar-refractivity contribution in [2.75, 3.05) is 0 Å². The first-order valence-electron chi connectivity index (χ1n) is 7.12. The van der Waals surface area contributed by atoms with E-state index in [2.05, 4.69) is 10.1 Å². The van der Waals surface area contributed by atoms with Gasteiger partial charge in [0.25, 0.3) is 0 Å². The van der Waals surface area contributed by atoms with Crippen molar-refractivity contribution in [1.82, 2.24) is 14.7 Å². The van der Waals surface area contributed by atoms with Crippen LogP contribution in [0.4, 0.5) is 4.39 Å². The van der Waals surface area contributed by atoms with E-state index in [1.54, 1.807) is 6.07 Å². The summed E-state index contributed by atoms with van der Waals surface area (Å²) in [4.78, 5) is 16.3. The van der Waals surface area contributed by atoms with Crippen molar-refractivity contribution in [2.45, 2.75) is 18.9 Å². The molecule has 1 unspecified atom stereocenters. The molecule has 7 heteroatoms. The number of nitrogens with zero attached hydrogens (tertiary/aromatic N) is 3. The maximum atomic E-state index is 13.1. The van der Waals surface area contributed by atoms with Crippen LogP contribution in [0, 0.1) is 5.82 Å². The highest BCUT2D eigenvalue weighted by Crippen LogP contribution is 2.32. The molecule has 1 aromatic carbocycles. The Kier molecular flexibility index (Phi) is 3.27. The van der Waals surface area contributed by atoms with E-state index in [9.17, 15) is 9.18 Å². The molecule has 4 rings (SSSR count). The Balaban J connectivity index is 1.72. The highest BCUT2D eigenvalue weighted by Gasteiger charge is 2.29. The third-order valence-corrected chi connectivity index (χ3v) is 4.26. The highest BCUT2D eigenvalue weighted by atomic mass is 35.5. The molecule has 3 heterocycles. The first-order valence-corrected chi connectivity index (χ1v) is 7.50. The van der Waals surface area contributed by atoms with Crippen molar-refractivity contribution in [1.29, 1.82) is 0 Å². The standard InChI is InChI=1S/C16H11ClFN3O2/c17-11-8-9(18)3-4-10(11)15-19-16(23-20-15)13-5-6-14(22)12-2-1-7-21(12)13/h1-4,7-8,13H,5-6H2. The smallest absolute Gasteiger partial charge is 0.250 e. The van der Waals surface area contributed by atoms with E-state index in [-0.39, 0.29) is 16.8 Å². The van der Waals surface area contributed by atoms with Crippen molar-refractivity contribution in [3.63, 3.8) is 0 Å². The Morgan fingerprint density at radius 1 is 1.35 bits per heavy atom. The molecule has 2 aromatic heterocycles. The number of fused-ring (bicyclic) bond motifs is 1. The second-order valence-corrected chi connectivity index (χ2v) is 5.77. The topological polar surface area (TPSA) is 60.9 Å². The molecule has 0 saturated carbocycles. The largest absolute Gasteiger partial charge is 0.337 e. The zero-order chi connectivity index (χ0) is 16.0. The number of rotatable bonds is 2. The van der Waals surface area contributed by atoms with Gasteiger partial charge in [-0.05, 0) is 36.8 Å². The Hall–Kier alpha value is -2.47. The molecule has 5 nitrogen and oxygen atoms in total. The minimum Gasteiger partial charge on any atom is -0.337 e. The molecule has 3 aromatic rings. The van der Waals surface area contributed by atoms with E-state index in [1.165, 1.54) is 18.2 Å². The first-order chi connectivity index (χ1) is 11.1. The van der Waals surface area contributed by atoms with Gasteiger partial charge in [0.05, 0.1) is 10.7 Å². The summed E-state index contributed by atoms with van der Waals surface area (Å²) in [5.41, 5.74) is 1.14. The predicted octanol–water partition coefficient (Wildman–Crippen LogP) is 3.90. The van der Waals surface area contributed by atoms with Crippen LogP contribution >= 0.6 is 11.6 Å². The lowest BCUT2D eigenvalue weighted by molar-refractivity contribution is 0.0943. The van der Waals surface area contributed by atoms with Crippen molar-refractivity contribution in [3.05, 3.63) is 59.0 Å². The Bertz CT molecular complexity index is 902. The maximum Gasteiger partial charge on any atom is 0.250 e. The summed E-state index contributed by atoms with van der Waals surface area (Å²) in [7, 11) is 0. The number of aromatic nitrogens is 3. The Morgan fingerprint density at radius 3 is 3.04 bits per heavy atom. The fourth-order valence-electron chi connectivity index (χ4n) is 2.83. The van der Waals surface area contributed by atoms with Gasteiger partial charge in [0, 0.05) is 18.2 Å². The summed E-state index contributed by atoms with van der Waals surface area (Å²) in [6, 6.07) is 7.43. The second-order valence-electron chi connectivity index (χ2n) is 5.36. The van der Waals surface area contributed by atoms with Crippen molar-refractivity contribution < 1.29 is 13.7 Å². The molecule has 0 bridgehead atoms. The van der Waals surface area contributed by atoms with E-state index < -0.39 is 5.82 Å². The van der Waals surface area contributed by atoms with Crippen LogP contribution in [-0.4, -0.2) is 20.5 Å². The maximum absolute atomic E-state index is 13.1. The lowest BCUT2D eigenvalue weighted by Gasteiger charge is -2.22. The van der Waals surface area contributed by atoms with Gasteiger partial charge in [0.1, 0.15) is 11.9 Å². The normalized spacial score (nSPS) is 17.3. The van der Waals surface area contributed by atoms with Gasteiger partial charge in [0.15, 0.2) is 5.78 Å². The van der Waals surface area contributed by atoms with Crippen LogP contribution in [0.2, 0.25) is 5.02 Å². The number of carbonyl (C=O) groups is 1. The van der Waals surface area contributed by atoms with E-state index in [0.29, 0.717) is 35.8 Å². The number of hydrogen-bond donors (Lipinski definition) is 0. The summed E-state index contributed by atoms with van der Waals surface area (Å²) >= 11 is 6.03. The molecule has 0 N–H and O–H groups in total. The van der Waals surface area contributed by atoms with E-state index >= 15 is 0 Å². The van der Waals surface area contributed by atoms with Gasteiger partial charge in [-0.15, -0.1) is 0 Å². The average Bonchev–Trinajstić information content (AvgIpc) is 3.17. The molecule has 0 amide bonds. The summed E-state index contributed by atoms with van der Waals surface area (Å²) < 4.78 is 20.3. The molecular weight excluding hydrogens is 321 g/mol. The lowest BCUT2D eigenvalue weighted by Crippen LogP contribution is -2.22. The molecule has 0 saturated heterocycles. The van der Waals surface area contributed by atoms with Crippen LogP contribution in [0.25, 0.3) is 11.4 Å². The number of ketones is 1. The predicted molar refractivity (Wildman–Crippen MR) is 80.8 cm³/mol. The molecule has 0 fully saturated rings. The monoisotopic (exact) mass is 331 g/mol. The third kappa shape index (κ3) is 2.35. The lowest BCUT2D eigenvalue weighted by atomic mass is 10.0. The number of carbonyl (C=O) groups excluding carboxylic acids is 1. The van der Waals surface area contributed by atoms with Crippen molar-refractivity contribution >= 4 is 17.4 Å². The molecule has 0 radical (unpaired) electrons. The highest BCUT2D eigenvalue weighted by molar-refractivity contribution is 6.33. The molecule has 0 aliphatic carbocycles. The number of halogens is 2. The van der Waals surface area contributed by atoms with Gasteiger partial charge in [-0.3, -0.25) is 4.79 Å². The fraction of sp³-hybridized carbons (Fsp3) is 0.188. The molecule has 23 heavy (non-hydrogen) atoms. The number of hydrogen-bond acceptors (Lipinski definition) is 4. The third-order valence-electron chi connectivity index (χ3n) is 3.94. The minimum absolute atomic E-state index is 0.104. The van der Waals surface area contributed by atoms with Gasteiger partial charge in [0.2, 0.25) is 11.7 Å². The Labute approximate surface area is 135 Å². The fourth-order valence-corrected chi connectivity index (χ4v) is 3.08. The van der Waals surface area contributed by atoms with Crippen molar-refractivity contribution in [3.8, 4) is 11.4 Å². The number of Topliss-reactive ketones (excluding diaryl/α,β-unsaturated/α-hetero) is 1. The van der Waals surface area contributed by atoms with Gasteiger partial charge >= 0.3 is 0 Å². The van der Waals surface area contributed by atoms with E-state index in [0.717, 1.165) is 0 Å². The van der Waals surface area contributed by atoms with Crippen LogP contribution in [0.15, 0.2) is 41.1 Å².